The molecule has 0 aliphatic carbocycles. The van der Waals surface area contributed by atoms with E-state index in [4.69, 9.17) is 14.2 Å². The van der Waals surface area contributed by atoms with Gasteiger partial charge in [0.15, 0.2) is 0 Å². The largest absolute Gasteiger partial charge is 0.497 e. The zero-order chi connectivity index (χ0) is 17.2. The molecule has 0 radical (unpaired) electrons. The van der Waals surface area contributed by atoms with Gasteiger partial charge in [0.1, 0.15) is 23.9 Å². The highest BCUT2D eigenvalue weighted by Gasteiger charge is 2.12. The van der Waals surface area contributed by atoms with E-state index in [2.05, 4.69) is 22.1 Å². The van der Waals surface area contributed by atoms with Crippen LogP contribution in [0.25, 0.3) is 0 Å². The topological polar surface area (TPSA) is 69.7 Å². The van der Waals surface area contributed by atoms with Crippen LogP contribution in [0.5, 0.6) is 17.2 Å². The third-order valence-corrected chi connectivity index (χ3v) is 3.06. The number of nitrogens with one attached hydrogen (secondary N) is 1. The Bertz CT molecular complexity index is 736. The molecule has 2 rings (SSSR count). The van der Waals surface area contributed by atoms with Crippen LogP contribution in [-0.2, 0) is 0 Å². The average molecular weight is 326 g/mol. The summed E-state index contributed by atoms with van der Waals surface area (Å²) in [5.74, 6) is 7.10. The van der Waals surface area contributed by atoms with Crippen LogP contribution in [0.2, 0.25) is 0 Å². The Labute approximate surface area is 140 Å². The van der Waals surface area contributed by atoms with Gasteiger partial charge < -0.3 is 19.5 Å². The zero-order valence-electron chi connectivity index (χ0n) is 13.5. The third-order valence-electron chi connectivity index (χ3n) is 3.06. The molecule has 0 aliphatic heterocycles. The fourth-order valence-electron chi connectivity index (χ4n) is 1.87. The molecule has 2 aromatic rings. The van der Waals surface area contributed by atoms with Crippen molar-refractivity contribution in [2.75, 3.05) is 27.4 Å². The molecule has 6 heteroatoms. The molecule has 124 valence electrons. The molecule has 0 bridgehead atoms. The van der Waals surface area contributed by atoms with Crippen LogP contribution in [0.4, 0.5) is 0 Å². The molecule has 1 amide bonds. The lowest BCUT2D eigenvalue weighted by molar-refractivity contribution is 0.0955. The van der Waals surface area contributed by atoms with E-state index in [0.717, 1.165) is 0 Å². The van der Waals surface area contributed by atoms with Crippen LogP contribution in [0.15, 0.2) is 42.7 Å². The number of pyridine rings is 1. The van der Waals surface area contributed by atoms with Crippen molar-refractivity contribution < 1.29 is 19.0 Å². The van der Waals surface area contributed by atoms with Crippen molar-refractivity contribution in [3.63, 3.8) is 0 Å². The maximum absolute atomic E-state index is 12.1. The Morgan fingerprint density at radius 1 is 1.17 bits per heavy atom. The van der Waals surface area contributed by atoms with E-state index >= 15 is 0 Å². The maximum atomic E-state index is 12.1. The highest BCUT2D eigenvalue weighted by atomic mass is 16.5. The summed E-state index contributed by atoms with van der Waals surface area (Å²) >= 11 is 0. The summed E-state index contributed by atoms with van der Waals surface area (Å²) < 4.78 is 15.7. The standard InChI is InChI=1S/C18H18N2O4/c1-22-14-7-8-16(17(12-14)23-2)18(21)20-10-3-4-11-24-15-6-5-9-19-13-15/h5-9,12-13H,10-11H2,1-2H3,(H,20,21). The summed E-state index contributed by atoms with van der Waals surface area (Å²) in [6, 6.07) is 8.58. The number of amides is 1. The lowest BCUT2D eigenvalue weighted by Crippen LogP contribution is -2.24. The monoisotopic (exact) mass is 326 g/mol. The number of rotatable bonds is 6. The van der Waals surface area contributed by atoms with Gasteiger partial charge in [-0.3, -0.25) is 9.78 Å². The van der Waals surface area contributed by atoms with E-state index in [1.54, 1.807) is 49.8 Å². The quantitative estimate of drug-likeness (QED) is 0.821. The second-order valence-corrected chi connectivity index (χ2v) is 4.58. The number of hydrogen-bond donors (Lipinski definition) is 1. The number of nitrogens with zero attached hydrogens (tertiary/aromatic N) is 1. The molecular weight excluding hydrogens is 308 g/mol. The second kappa shape index (κ2) is 9.06. The summed E-state index contributed by atoms with van der Waals surface area (Å²) in [5, 5.41) is 2.71. The fourth-order valence-corrected chi connectivity index (χ4v) is 1.87. The highest BCUT2D eigenvalue weighted by molar-refractivity contribution is 5.97. The van der Waals surface area contributed by atoms with Crippen LogP contribution in [0.1, 0.15) is 10.4 Å². The Hall–Kier alpha value is -3.20. The molecule has 1 aromatic heterocycles. The van der Waals surface area contributed by atoms with E-state index in [9.17, 15) is 4.79 Å². The molecule has 0 atom stereocenters. The van der Waals surface area contributed by atoms with Crippen LogP contribution in [0, 0.1) is 11.8 Å². The molecule has 0 spiro atoms. The number of benzene rings is 1. The third kappa shape index (κ3) is 4.92. The molecule has 0 unspecified atom stereocenters. The number of methoxy groups -OCH3 is 2. The minimum Gasteiger partial charge on any atom is -0.497 e. The van der Waals surface area contributed by atoms with E-state index in [1.165, 1.54) is 7.11 Å². The van der Waals surface area contributed by atoms with E-state index < -0.39 is 0 Å². The summed E-state index contributed by atoms with van der Waals surface area (Å²) in [4.78, 5) is 16.1. The first-order chi connectivity index (χ1) is 11.7. The van der Waals surface area contributed by atoms with E-state index in [1.807, 2.05) is 0 Å². The molecule has 1 aromatic carbocycles. The van der Waals surface area contributed by atoms with Crippen LogP contribution in [-0.4, -0.2) is 38.3 Å². The fraction of sp³-hybridized carbons (Fsp3) is 0.222. The van der Waals surface area contributed by atoms with Crippen molar-refractivity contribution >= 4 is 5.91 Å². The Morgan fingerprint density at radius 3 is 2.75 bits per heavy atom. The van der Waals surface area contributed by atoms with Gasteiger partial charge in [0.25, 0.3) is 5.91 Å². The van der Waals surface area contributed by atoms with Gasteiger partial charge >= 0.3 is 0 Å². The van der Waals surface area contributed by atoms with E-state index in [-0.39, 0.29) is 19.1 Å². The first-order valence-electron chi connectivity index (χ1n) is 7.23. The second-order valence-electron chi connectivity index (χ2n) is 4.58. The number of hydrogen-bond acceptors (Lipinski definition) is 5. The van der Waals surface area contributed by atoms with E-state index in [0.29, 0.717) is 22.8 Å². The molecule has 1 heterocycles. The molecule has 0 fully saturated rings. The summed E-state index contributed by atoms with van der Waals surface area (Å²) in [7, 11) is 3.05. The summed E-state index contributed by atoms with van der Waals surface area (Å²) in [5.41, 5.74) is 0.423. The van der Waals surface area contributed by atoms with Crippen molar-refractivity contribution in [2.24, 2.45) is 0 Å². The van der Waals surface area contributed by atoms with Gasteiger partial charge in [-0.05, 0) is 24.3 Å². The Balaban J connectivity index is 1.82. The Kier molecular flexibility index (Phi) is 6.47. The molecule has 0 aliphatic rings. The minimum atomic E-state index is -0.267. The molecule has 6 nitrogen and oxygen atoms in total. The summed E-state index contributed by atoms with van der Waals surface area (Å²) in [6.07, 6.45) is 3.28. The Morgan fingerprint density at radius 2 is 2.04 bits per heavy atom. The van der Waals surface area contributed by atoms with Gasteiger partial charge in [0.2, 0.25) is 0 Å². The lowest BCUT2D eigenvalue weighted by atomic mass is 10.1. The van der Waals surface area contributed by atoms with Crippen molar-refractivity contribution in [1.29, 1.82) is 0 Å². The van der Waals surface area contributed by atoms with Crippen molar-refractivity contribution in [1.82, 2.24) is 10.3 Å². The van der Waals surface area contributed by atoms with Gasteiger partial charge in [-0.25, -0.2) is 0 Å². The first kappa shape index (κ1) is 17.2. The average Bonchev–Trinajstić information content (AvgIpc) is 2.64. The van der Waals surface area contributed by atoms with Crippen LogP contribution in [0.3, 0.4) is 0 Å². The van der Waals surface area contributed by atoms with Crippen LogP contribution >= 0.6 is 0 Å². The first-order valence-corrected chi connectivity index (χ1v) is 7.23. The number of aromatic nitrogens is 1. The molecular formula is C18H18N2O4. The number of ether oxygens (including phenoxy) is 3. The van der Waals surface area contributed by atoms with Crippen molar-refractivity contribution in [3.05, 3.63) is 48.3 Å². The van der Waals surface area contributed by atoms with Gasteiger partial charge in [-0.2, -0.15) is 0 Å². The molecule has 0 saturated carbocycles. The van der Waals surface area contributed by atoms with Gasteiger partial charge in [0.05, 0.1) is 32.5 Å². The summed E-state index contributed by atoms with van der Waals surface area (Å²) in [6.45, 7) is 0.442. The van der Waals surface area contributed by atoms with Crippen molar-refractivity contribution in [3.8, 4) is 29.1 Å². The van der Waals surface area contributed by atoms with Gasteiger partial charge in [-0.15, -0.1) is 0 Å². The lowest BCUT2D eigenvalue weighted by Gasteiger charge is -2.09. The normalized spacial score (nSPS) is 9.42. The molecule has 0 saturated heterocycles. The zero-order valence-corrected chi connectivity index (χ0v) is 13.5. The smallest absolute Gasteiger partial charge is 0.255 e. The SMILES string of the molecule is COc1ccc(C(=O)NCC#CCOc2cccnc2)c(OC)c1. The molecule has 24 heavy (non-hydrogen) atoms. The maximum Gasteiger partial charge on any atom is 0.255 e. The highest BCUT2D eigenvalue weighted by Crippen LogP contribution is 2.24. The number of carbonyl (C=O) groups is 1. The minimum absolute atomic E-state index is 0.213. The van der Waals surface area contributed by atoms with Gasteiger partial charge in [-0.1, -0.05) is 11.8 Å². The predicted octanol–water partition coefficient (Wildman–Crippen LogP) is 1.91. The van der Waals surface area contributed by atoms with Crippen molar-refractivity contribution in [2.45, 2.75) is 0 Å². The molecule has 1 N–H and O–H groups in total. The van der Waals surface area contributed by atoms with Gasteiger partial charge in [0, 0.05) is 12.3 Å². The number of carbonyl (C=O) groups excluding carboxylic acids is 1. The predicted molar refractivity (Wildman–Crippen MR) is 89.4 cm³/mol. The van der Waals surface area contributed by atoms with Crippen LogP contribution < -0.4 is 19.5 Å².